The second kappa shape index (κ2) is 9.31. The highest BCUT2D eigenvalue weighted by Crippen LogP contribution is 2.09. The molecule has 0 aromatic heterocycles. The molecule has 6 heteroatoms. The predicted molar refractivity (Wildman–Crippen MR) is 51.2 cm³/mol. The first kappa shape index (κ1) is 16.2. The summed E-state index contributed by atoms with van der Waals surface area (Å²) < 4.78 is 39.0. The topological polar surface area (TPSA) is 27.6 Å². The van der Waals surface area contributed by atoms with Crippen LogP contribution in [0.4, 0.5) is 17.3 Å². The molecule has 0 bridgehead atoms. The Morgan fingerprint density at radius 1 is 1.14 bits per heavy atom. The average Bonchev–Trinajstić information content (AvgIpc) is 2.04. The van der Waals surface area contributed by atoms with E-state index in [1.807, 2.05) is 0 Å². The number of quaternary nitrogens is 1. The molecule has 0 aliphatic carbocycles. The Balaban J connectivity index is 0. The van der Waals surface area contributed by atoms with Gasteiger partial charge in [-0.05, 0) is 12.8 Å². The molecule has 1 atom stereocenters. The Morgan fingerprint density at radius 2 is 1.57 bits per heavy atom. The number of hydrogen-bond acceptors (Lipinski definition) is 0. The van der Waals surface area contributed by atoms with Crippen LogP contribution in [-0.4, -0.2) is 13.8 Å². The minimum atomic E-state index is -6.00. The van der Waals surface area contributed by atoms with Crippen LogP contribution in [0.5, 0.6) is 0 Å². The number of unbranched alkanes of at least 4 members (excludes halogenated alkanes) is 1. The molecule has 0 saturated heterocycles. The fourth-order valence-electron chi connectivity index (χ4n) is 1.05. The van der Waals surface area contributed by atoms with E-state index in [4.69, 9.17) is 0 Å². The number of hydrogen-bond donors (Lipinski definition) is 1. The lowest BCUT2D eigenvalue weighted by Gasteiger charge is -2.07. The highest BCUT2D eigenvalue weighted by Gasteiger charge is 2.20. The Hall–Kier alpha value is -0.255. The second-order valence-electron chi connectivity index (χ2n) is 3.20. The van der Waals surface area contributed by atoms with Crippen molar-refractivity contribution in [3.05, 3.63) is 0 Å². The van der Waals surface area contributed by atoms with Crippen LogP contribution < -0.4 is 5.73 Å². The lowest BCUT2D eigenvalue weighted by atomic mass is 10.00. The van der Waals surface area contributed by atoms with Gasteiger partial charge in [0.15, 0.2) is 0 Å². The molecular weight excluding hydrogens is 197 g/mol. The zero-order valence-electron chi connectivity index (χ0n) is 8.91. The Kier molecular flexibility index (Phi) is 10.8. The summed E-state index contributed by atoms with van der Waals surface area (Å²) in [5.74, 6) is 0.893. The van der Waals surface area contributed by atoms with Gasteiger partial charge in [-0.3, -0.25) is 0 Å². The first-order chi connectivity index (χ1) is 6.35. The minimum Gasteiger partial charge on any atom is -0.418 e. The summed E-state index contributed by atoms with van der Waals surface area (Å²) in [5.41, 5.74) is 3.91. The standard InChI is InChI=1S/C8H19N.BF4/c1-3-5-6-8(4-2)7-9;2-1(3,4)5/h8H,3-7,9H2,1-2H3;/q;-1/p+1. The highest BCUT2D eigenvalue weighted by atomic mass is 19.5. The summed E-state index contributed by atoms with van der Waals surface area (Å²) in [4.78, 5) is 0. The average molecular weight is 217 g/mol. The monoisotopic (exact) mass is 217 g/mol. The summed E-state index contributed by atoms with van der Waals surface area (Å²) >= 11 is 0. The van der Waals surface area contributed by atoms with E-state index < -0.39 is 7.25 Å². The molecule has 0 aromatic rings. The summed E-state index contributed by atoms with van der Waals surface area (Å²) in [6.45, 7) is 5.62. The van der Waals surface area contributed by atoms with Gasteiger partial charge in [-0.25, -0.2) is 0 Å². The van der Waals surface area contributed by atoms with Crippen LogP contribution in [0.2, 0.25) is 0 Å². The third-order valence-corrected chi connectivity index (χ3v) is 1.95. The molecule has 0 aromatic carbocycles. The van der Waals surface area contributed by atoms with Crippen molar-refractivity contribution in [3.8, 4) is 0 Å². The minimum absolute atomic E-state index is 0.893. The lowest BCUT2D eigenvalue weighted by Crippen LogP contribution is -2.53. The van der Waals surface area contributed by atoms with E-state index in [1.165, 1.54) is 25.7 Å². The van der Waals surface area contributed by atoms with Crippen LogP contribution in [0, 0.1) is 5.92 Å². The van der Waals surface area contributed by atoms with Gasteiger partial charge in [0.2, 0.25) is 0 Å². The fraction of sp³-hybridized carbons (Fsp3) is 1.00. The molecule has 0 radical (unpaired) electrons. The van der Waals surface area contributed by atoms with Crippen molar-refractivity contribution in [2.45, 2.75) is 39.5 Å². The van der Waals surface area contributed by atoms with E-state index in [0.29, 0.717) is 0 Å². The van der Waals surface area contributed by atoms with E-state index in [0.717, 1.165) is 12.5 Å². The highest BCUT2D eigenvalue weighted by molar-refractivity contribution is 6.50. The molecule has 0 amide bonds. The summed E-state index contributed by atoms with van der Waals surface area (Å²) in [7, 11) is -6.00. The Morgan fingerprint density at radius 3 is 1.79 bits per heavy atom. The largest absolute Gasteiger partial charge is 0.673 e. The van der Waals surface area contributed by atoms with Crippen LogP contribution >= 0.6 is 0 Å². The predicted octanol–water partition coefficient (Wildman–Crippen LogP) is 2.74. The number of halogens is 4. The smallest absolute Gasteiger partial charge is 0.418 e. The third kappa shape index (κ3) is 22.6. The van der Waals surface area contributed by atoms with Gasteiger partial charge in [0.25, 0.3) is 0 Å². The molecule has 0 rings (SSSR count). The van der Waals surface area contributed by atoms with E-state index in [2.05, 4.69) is 19.6 Å². The zero-order chi connectivity index (χ0) is 11.6. The van der Waals surface area contributed by atoms with E-state index >= 15 is 0 Å². The van der Waals surface area contributed by atoms with Crippen molar-refractivity contribution in [2.75, 3.05) is 6.54 Å². The maximum absolute atomic E-state index is 9.75. The molecule has 0 fully saturated rings. The molecule has 0 spiro atoms. The van der Waals surface area contributed by atoms with Crippen molar-refractivity contribution < 1.29 is 23.0 Å². The summed E-state index contributed by atoms with van der Waals surface area (Å²) in [5, 5.41) is 0. The van der Waals surface area contributed by atoms with Crippen molar-refractivity contribution in [1.82, 2.24) is 0 Å². The first-order valence-electron chi connectivity index (χ1n) is 5.01. The molecular formula is C8H20BF4N. The van der Waals surface area contributed by atoms with Crippen molar-refractivity contribution >= 4 is 7.25 Å². The summed E-state index contributed by atoms with van der Waals surface area (Å²) in [6, 6.07) is 0. The molecule has 14 heavy (non-hydrogen) atoms. The van der Waals surface area contributed by atoms with Crippen LogP contribution in [0.3, 0.4) is 0 Å². The zero-order valence-corrected chi connectivity index (χ0v) is 8.91. The van der Waals surface area contributed by atoms with Gasteiger partial charge in [-0.2, -0.15) is 0 Å². The Bertz CT molecular complexity index is 108. The number of rotatable bonds is 5. The fourth-order valence-corrected chi connectivity index (χ4v) is 1.05. The second-order valence-corrected chi connectivity index (χ2v) is 3.20. The quantitative estimate of drug-likeness (QED) is 0.541. The normalized spacial score (nSPS) is 13.1. The molecule has 3 N–H and O–H groups in total. The van der Waals surface area contributed by atoms with Crippen LogP contribution in [0.1, 0.15) is 39.5 Å². The maximum Gasteiger partial charge on any atom is 0.673 e. The van der Waals surface area contributed by atoms with E-state index in [1.54, 1.807) is 0 Å². The van der Waals surface area contributed by atoms with Crippen molar-refractivity contribution in [1.29, 1.82) is 0 Å². The van der Waals surface area contributed by atoms with Crippen LogP contribution in [0.15, 0.2) is 0 Å². The van der Waals surface area contributed by atoms with Gasteiger partial charge in [-0.1, -0.05) is 26.7 Å². The Labute approximate surface area is 83.2 Å². The van der Waals surface area contributed by atoms with Gasteiger partial charge >= 0.3 is 7.25 Å². The van der Waals surface area contributed by atoms with Gasteiger partial charge in [0.1, 0.15) is 0 Å². The molecule has 1 nitrogen and oxygen atoms in total. The van der Waals surface area contributed by atoms with Crippen molar-refractivity contribution in [2.24, 2.45) is 5.92 Å². The maximum atomic E-state index is 9.75. The molecule has 0 heterocycles. The first-order valence-corrected chi connectivity index (χ1v) is 5.01. The van der Waals surface area contributed by atoms with Crippen LogP contribution in [0.25, 0.3) is 0 Å². The van der Waals surface area contributed by atoms with E-state index in [-0.39, 0.29) is 0 Å². The summed E-state index contributed by atoms with van der Waals surface area (Å²) in [6.07, 6.45) is 5.41. The van der Waals surface area contributed by atoms with E-state index in [9.17, 15) is 17.3 Å². The molecule has 1 unspecified atom stereocenters. The molecule has 0 aliphatic rings. The van der Waals surface area contributed by atoms with Crippen molar-refractivity contribution in [3.63, 3.8) is 0 Å². The molecule has 0 aliphatic heterocycles. The molecule has 0 saturated carbocycles. The van der Waals surface area contributed by atoms with Gasteiger partial charge in [-0.15, -0.1) is 0 Å². The van der Waals surface area contributed by atoms with Gasteiger partial charge < -0.3 is 23.0 Å². The van der Waals surface area contributed by atoms with Crippen LogP contribution in [-0.2, 0) is 0 Å². The van der Waals surface area contributed by atoms with Gasteiger partial charge in [0.05, 0.1) is 6.54 Å². The third-order valence-electron chi connectivity index (χ3n) is 1.95. The molecule has 88 valence electrons. The SMILES string of the molecule is CCCCC(CC)C[NH3+].F[B-](F)(F)F. The van der Waals surface area contributed by atoms with Gasteiger partial charge in [0, 0.05) is 5.92 Å². The lowest BCUT2D eigenvalue weighted by molar-refractivity contribution is -0.379.